The SMILES string of the molecule is CSc1ccc(CNc2ccc(OC(F)F)cc2)cc1. The third-order valence-electron chi connectivity index (χ3n) is 2.74. The summed E-state index contributed by atoms with van der Waals surface area (Å²) < 4.78 is 28.3. The second-order valence-corrected chi connectivity index (χ2v) is 4.98. The highest BCUT2D eigenvalue weighted by Crippen LogP contribution is 2.19. The van der Waals surface area contributed by atoms with Crippen molar-refractivity contribution in [3.63, 3.8) is 0 Å². The van der Waals surface area contributed by atoms with E-state index in [0.29, 0.717) is 6.54 Å². The molecule has 0 saturated carbocycles. The molecule has 0 aliphatic carbocycles. The fourth-order valence-corrected chi connectivity index (χ4v) is 2.11. The highest BCUT2D eigenvalue weighted by atomic mass is 32.2. The third-order valence-corrected chi connectivity index (χ3v) is 3.48. The number of halogens is 2. The molecular weight excluding hydrogens is 280 g/mol. The summed E-state index contributed by atoms with van der Waals surface area (Å²) in [4.78, 5) is 1.22. The Morgan fingerprint density at radius 1 is 1.05 bits per heavy atom. The van der Waals surface area contributed by atoms with Crippen LogP contribution in [0.15, 0.2) is 53.4 Å². The molecule has 0 saturated heterocycles. The van der Waals surface area contributed by atoms with Crippen molar-refractivity contribution >= 4 is 17.4 Å². The fraction of sp³-hybridized carbons (Fsp3) is 0.200. The zero-order chi connectivity index (χ0) is 14.4. The van der Waals surface area contributed by atoms with Crippen LogP contribution in [0.4, 0.5) is 14.5 Å². The molecule has 2 rings (SSSR count). The van der Waals surface area contributed by atoms with E-state index in [2.05, 4.69) is 34.3 Å². The maximum atomic E-state index is 12.0. The summed E-state index contributed by atoms with van der Waals surface area (Å²) in [6, 6.07) is 14.7. The summed E-state index contributed by atoms with van der Waals surface area (Å²) in [5.41, 5.74) is 2.02. The van der Waals surface area contributed by atoms with E-state index in [1.165, 1.54) is 17.0 Å². The fourth-order valence-electron chi connectivity index (χ4n) is 1.70. The van der Waals surface area contributed by atoms with Crippen LogP contribution in [0.3, 0.4) is 0 Å². The van der Waals surface area contributed by atoms with Crippen molar-refractivity contribution in [1.82, 2.24) is 0 Å². The molecule has 0 spiro atoms. The minimum Gasteiger partial charge on any atom is -0.435 e. The van der Waals surface area contributed by atoms with Gasteiger partial charge >= 0.3 is 6.61 Å². The topological polar surface area (TPSA) is 21.3 Å². The van der Waals surface area contributed by atoms with Crippen molar-refractivity contribution in [3.05, 3.63) is 54.1 Å². The molecule has 0 bridgehead atoms. The molecule has 0 aliphatic heterocycles. The van der Waals surface area contributed by atoms with Gasteiger partial charge in [-0.3, -0.25) is 0 Å². The van der Waals surface area contributed by atoms with Gasteiger partial charge in [-0.2, -0.15) is 8.78 Å². The van der Waals surface area contributed by atoms with Gasteiger partial charge < -0.3 is 10.1 Å². The van der Waals surface area contributed by atoms with Crippen LogP contribution in [-0.4, -0.2) is 12.9 Å². The number of benzene rings is 2. The van der Waals surface area contributed by atoms with E-state index in [1.807, 2.05) is 6.26 Å². The Labute approximate surface area is 121 Å². The summed E-state index contributed by atoms with van der Waals surface area (Å²) in [5, 5.41) is 3.23. The first-order valence-corrected chi connectivity index (χ1v) is 7.31. The lowest BCUT2D eigenvalue weighted by molar-refractivity contribution is -0.0498. The average Bonchev–Trinajstić information content (AvgIpc) is 2.46. The smallest absolute Gasteiger partial charge is 0.387 e. The molecule has 0 atom stereocenters. The van der Waals surface area contributed by atoms with Gasteiger partial charge in [0, 0.05) is 17.1 Å². The first kappa shape index (κ1) is 14.7. The van der Waals surface area contributed by atoms with Gasteiger partial charge in [-0.1, -0.05) is 12.1 Å². The van der Waals surface area contributed by atoms with E-state index in [9.17, 15) is 8.78 Å². The van der Waals surface area contributed by atoms with Crippen molar-refractivity contribution in [2.45, 2.75) is 18.1 Å². The van der Waals surface area contributed by atoms with Crippen molar-refractivity contribution in [3.8, 4) is 5.75 Å². The molecular formula is C15H15F2NOS. The van der Waals surface area contributed by atoms with Gasteiger partial charge in [-0.25, -0.2) is 0 Å². The molecule has 0 aromatic heterocycles. The lowest BCUT2D eigenvalue weighted by Crippen LogP contribution is -2.02. The lowest BCUT2D eigenvalue weighted by Gasteiger charge is -2.09. The van der Waals surface area contributed by atoms with Crippen molar-refractivity contribution < 1.29 is 13.5 Å². The highest BCUT2D eigenvalue weighted by Gasteiger charge is 2.03. The van der Waals surface area contributed by atoms with Gasteiger partial charge in [0.15, 0.2) is 0 Å². The summed E-state index contributed by atoms with van der Waals surface area (Å²) in [7, 11) is 0. The second-order valence-electron chi connectivity index (χ2n) is 4.10. The predicted octanol–water partition coefficient (Wildman–Crippen LogP) is 4.62. The van der Waals surface area contributed by atoms with E-state index in [-0.39, 0.29) is 5.75 Å². The number of hydrogen-bond acceptors (Lipinski definition) is 3. The largest absolute Gasteiger partial charge is 0.435 e. The van der Waals surface area contributed by atoms with Gasteiger partial charge in [0.25, 0.3) is 0 Å². The zero-order valence-corrected chi connectivity index (χ0v) is 11.8. The van der Waals surface area contributed by atoms with Gasteiger partial charge in [-0.05, 0) is 48.2 Å². The Balaban J connectivity index is 1.89. The van der Waals surface area contributed by atoms with Crippen LogP contribution >= 0.6 is 11.8 Å². The number of thioether (sulfide) groups is 1. The van der Waals surface area contributed by atoms with Crippen molar-refractivity contribution in [2.75, 3.05) is 11.6 Å². The van der Waals surface area contributed by atoms with Crippen molar-refractivity contribution in [2.24, 2.45) is 0 Å². The highest BCUT2D eigenvalue weighted by molar-refractivity contribution is 7.98. The normalized spacial score (nSPS) is 10.6. The standard InChI is InChI=1S/C15H15F2NOS/c1-20-14-8-2-11(3-9-14)10-18-12-4-6-13(7-5-12)19-15(16)17/h2-9,15,18H,10H2,1H3. The molecule has 2 aromatic rings. The molecule has 106 valence electrons. The number of rotatable bonds is 6. The first-order chi connectivity index (χ1) is 9.67. The lowest BCUT2D eigenvalue weighted by atomic mass is 10.2. The summed E-state index contributed by atoms with van der Waals surface area (Å²) in [5.74, 6) is 0.162. The van der Waals surface area contributed by atoms with Gasteiger partial charge in [0.05, 0.1) is 0 Å². The Morgan fingerprint density at radius 2 is 1.70 bits per heavy atom. The predicted molar refractivity (Wildman–Crippen MR) is 78.6 cm³/mol. The van der Waals surface area contributed by atoms with Crippen LogP contribution in [-0.2, 0) is 6.54 Å². The summed E-state index contributed by atoms with van der Waals surface area (Å²) >= 11 is 1.70. The van der Waals surface area contributed by atoms with Crippen LogP contribution in [0.1, 0.15) is 5.56 Å². The summed E-state index contributed by atoms with van der Waals surface area (Å²) in [6.07, 6.45) is 2.04. The molecule has 0 fully saturated rings. The first-order valence-electron chi connectivity index (χ1n) is 6.09. The average molecular weight is 295 g/mol. The van der Waals surface area contributed by atoms with Crippen LogP contribution in [0.5, 0.6) is 5.75 Å². The van der Waals surface area contributed by atoms with Gasteiger partial charge in [0.1, 0.15) is 5.75 Å². The molecule has 0 unspecified atom stereocenters. The van der Waals surface area contributed by atoms with E-state index >= 15 is 0 Å². The number of anilines is 1. The Morgan fingerprint density at radius 3 is 2.25 bits per heavy atom. The van der Waals surface area contributed by atoms with Crippen LogP contribution in [0.25, 0.3) is 0 Å². The molecule has 0 amide bonds. The quantitative estimate of drug-likeness (QED) is 0.786. The van der Waals surface area contributed by atoms with Crippen LogP contribution in [0, 0.1) is 0 Å². The minimum atomic E-state index is -2.79. The van der Waals surface area contributed by atoms with Crippen LogP contribution < -0.4 is 10.1 Å². The molecule has 2 aromatic carbocycles. The number of nitrogens with one attached hydrogen (secondary N) is 1. The number of ether oxygens (including phenoxy) is 1. The van der Waals surface area contributed by atoms with E-state index in [1.54, 1.807) is 23.9 Å². The van der Waals surface area contributed by atoms with E-state index < -0.39 is 6.61 Å². The van der Waals surface area contributed by atoms with E-state index in [0.717, 1.165) is 11.3 Å². The third kappa shape index (κ3) is 4.42. The van der Waals surface area contributed by atoms with Crippen molar-refractivity contribution in [1.29, 1.82) is 0 Å². The second kappa shape index (κ2) is 7.14. The Hall–Kier alpha value is -1.75. The molecule has 0 radical (unpaired) electrons. The molecule has 20 heavy (non-hydrogen) atoms. The van der Waals surface area contributed by atoms with Gasteiger partial charge in [0.2, 0.25) is 0 Å². The van der Waals surface area contributed by atoms with Crippen LogP contribution in [0.2, 0.25) is 0 Å². The number of hydrogen-bond donors (Lipinski definition) is 1. The summed E-state index contributed by atoms with van der Waals surface area (Å²) in [6.45, 7) is -2.10. The van der Waals surface area contributed by atoms with Gasteiger partial charge in [-0.15, -0.1) is 11.8 Å². The Bertz CT molecular complexity index is 529. The molecule has 1 N–H and O–H groups in total. The number of alkyl halides is 2. The molecule has 2 nitrogen and oxygen atoms in total. The van der Waals surface area contributed by atoms with E-state index in [4.69, 9.17) is 0 Å². The molecule has 0 heterocycles. The zero-order valence-electron chi connectivity index (χ0n) is 11.0. The molecule has 5 heteroatoms. The molecule has 0 aliphatic rings. The Kier molecular flexibility index (Phi) is 5.24. The monoisotopic (exact) mass is 295 g/mol. The maximum absolute atomic E-state index is 12.0. The minimum absolute atomic E-state index is 0.162. The maximum Gasteiger partial charge on any atom is 0.387 e.